The molecule has 0 bridgehead atoms. The molecule has 2 rings (SSSR count). The summed E-state index contributed by atoms with van der Waals surface area (Å²) in [6.45, 7) is 4.19. The van der Waals surface area contributed by atoms with E-state index in [2.05, 4.69) is 5.10 Å². The zero-order valence-electron chi connectivity index (χ0n) is 14.5. The average molecular weight is 351 g/mol. The summed E-state index contributed by atoms with van der Waals surface area (Å²) in [4.78, 5) is 24.7. The largest absolute Gasteiger partial charge is 0.490 e. The van der Waals surface area contributed by atoms with Crippen LogP contribution in [0.1, 0.15) is 21.7 Å². The van der Waals surface area contributed by atoms with E-state index in [0.717, 1.165) is 10.5 Å². The van der Waals surface area contributed by atoms with Crippen LogP contribution in [0.3, 0.4) is 0 Å². The lowest BCUT2D eigenvalue weighted by Gasteiger charge is -2.15. The van der Waals surface area contributed by atoms with Gasteiger partial charge in [-0.15, -0.1) is 11.8 Å². The molecule has 0 aliphatic rings. The number of esters is 1. The minimum absolute atomic E-state index is 0.179. The fourth-order valence-corrected chi connectivity index (χ4v) is 2.92. The number of carbonyl (C=O) groups is 1. The van der Waals surface area contributed by atoms with Crippen molar-refractivity contribution in [2.24, 2.45) is 7.05 Å². The molecule has 0 atom stereocenters. The predicted octanol–water partition coefficient (Wildman–Crippen LogP) is 1.79. The quantitative estimate of drug-likeness (QED) is 0.583. The van der Waals surface area contributed by atoms with Crippen LogP contribution in [-0.2, 0) is 18.3 Å². The van der Waals surface area contributed by atoms with Crippen LogP contribution in [0.25, 0.3) is 0 Å². The van der Waals surface area contributed by atoms with Crippen LogP contribution < -0.4 is 10.4 Å². The van der Waals surface area contributed by atoms with E-state index in [9.17, 15) is 9.59 Å². The molecule has 8 heteroatoms. The molecule has 0 spiro atoms. The van der Waals surface area contributed by atoms with Crippen molar-refractivity contribution in [2.75, 3.05) is 20.0 Å². The Balaban J connectivity index is 2.20. The van der Waals surface area contributed by atoms with Crippen molar-refractivity contribution in [3.63, 3.8) is 0 Å². The fourth-order valence-electron chi connectivity index (χ4n) is 2.31. The van der Waals surface area contributed by atoms with Crippen molar-refractivity contribution in [3.8, 4) is 5.75 Å². The Morgan fingerprint density at radius 2 is 2.04 bits per heavy atom. The number of ether oxygens (including phenoxy) is 2. The lowest BCUT2D eigenvalue weighted by Crippen LogP contribution is -2.25. The Kier molecular flexibility index (Phi) is 5.71. The topological polar surface area (TPSA) is 75.3 Å². The van der Waals surface area contributed by atoms with Gasteiger partial charge in [-0.2, -0.15) is 5.10 Å². The molecule has 1 aromatic carbocycles. The summed E-state index contributed by atoms with van der Waals surface area (Å²) < 4.78 is 13.5. The van der Waals surface area contributed by atoms with Gasteiger partial charge in [0.25, 0.3) is 0 Å². The van der Waals surface area contributed by atoms with Gasteiger partial charge in [0.1, 0.15) is 18.2 Å². The molecule has 130 valence electrons. The highest BCUT2D eigenvalue weighted by molar-refractivity contribution is 7.98. The average Bonchev–Trinajstić information content (AvgIpc) is 2.82. The predicted molar refractivity (Wildman–Crippen MR) is 92.0 cm³/mol. The number of benzene rings is 1. The van der Waals surface area contributed by atoms with E-state index in [1.165, 1.54) is 28.1 Å². The van der Waals surface area contributed by atoms with Crippen LogP contribution in [0.5, 0.6) is 5.75 Å². The van der Waals surface area contributed by atoms with Gasteiger partial charge in [-0.05, 0) is 32.2 Å². The molecular formula is C16H21N3O4S. The molecule has 24 heavy (non-hydrogen) atoms. The van der Waals surface area contributed by atoms with E-state index in [1.54, 1.807) is 20.0 Å². The number of hydrogen-bond acceptors (Lipinski definition) is 6. The second-order valence-electron chi connectivity index (χ2n) is 5.22. The first-order valence-electron chi connectivity index (χ1n) is 7.39. The summed E-state index contributed by atoms with van der Waals surface area (Å²) >= 11 is 1.53. The molecule has 0 N–H and O–H groups in total. The first-order chi connectivity index (χ1) is 11.4. The van der Waals surface area contributed by atoms with Gasteiger partial charge in [-0.3, -0.25) is 4.57 Å². The van der Waals surface area contributed by atoms with Crippen LogP contribution in [0, 0.1) is 13.8 Å². The third-order valence-corrected chi connectivity index (χ3v) is 4.56. The Bertz CT molecular complexity index is 810. The van der Waals surface area contributed by atoms with Crippen LogP contribution >= 0.6 is 11.8 Å². The number of carbonyl (C=O) groups excluding carboxylic acids is 1. The molecule has 1 aromatic heterocycles. The maximum atomic E-state index is 11.9. The van der Waals surface area contributed by atoms with Gasteiger partial charge in [0.2, 0.25) is 0 Å². The van der Waals surface area contributed by atoms with Gasteiger partial charge in [0, 0.05) is 17.5 Å². The number of aryl methyl sites for hydroxylation is 1. The Morgan fingerprint density at radius 1 is 1.33 bits per heavy atom. The summed E-state index contributed by atoms with van der Waals surface area (Å²) in [6.07, 6.45) is 1.94. The summed E-state index contributed by atoms with van der Waals surface area (Å²) in [5, 5.41) is 4.17. The third kappa shape index (κ3) is 3.48. The van der Waals surface area contributed by atoms with Crippen LogP contribution in [0.4, 0.5) is 0 Å². The van der Waals surface area contributed by atoms with E-state index < -0.39 is 5.97 Å². The summed E-state index contributed by atoms with van der Waals surface area (Å²) in [7, 11) is 3.03. The number of nitrogens with zero attached hydrogens (tertiary/aromatic N) is 3. The summed E-state index contributed by atoms with van der Waals surface area (Å²) in [5.41, 5.74) is 1.01. The van der Waals surface area contributed by atoms with Crippen LogP contribution in [-0.4, -0.2) is 40.3 Å². The molecule has 0 unspecified atom stereocenters. The second-order valence-corrected chi connectivity index (χ2v) is 6.07. The normalized spacial score (nSPS) is 10.7. The molecule has 0 radical (unpaired) electrons. The lowest BCUT2D eigenvalue weighted by atomic mass is 10.1. The highest BCUT2D eigenvalue weighted by Crippen LogP contribution is 2.33. The van der Waals surface area contributed by atoms with Crippen molar-refractivity contribution < 1.29 is 14.3 Å². The third-order valence-electron chi connectivity index (χ3n) is 3.80. The molecule has 0 saturated heterocycles. The minimum atomic E-state index is -0.401. The summed E-state index contributed by atoms with van der Waals surface area (Å²) in [5.74, 6) is 0.876. The smallest absolute Gasteiger partial charge is 0.345 e. The van der Waals surface area contributed by atoms with Crippen molar-refractivity contribution in [1.82, 2.24) is 14.3 Å². The van der Waals surface area contributed by atoms with Gasteiger partial charge in [0.05, 0.1) is 19.2 Å². The van der Waals surface area contributed by atoms with Crippen molar-refractivity contribution >= 4 is 17.7 Å². The van der Waals surface area contributed by atoms with Gasteiger partial charge >= 0.3 is 11.7 Å². The van der Waals surface area contributed by atoms with Gasteiger partial charge < -0.3 is 9.47 Å². The first kappa shape index (κ1) is 18.1. The minimum Gasteiger partial charge on any atom is -0.490 e. The molecule has 0 aliphatic heterocycles. The molecule has 2 aromatic rings. The molecular weight excluding hydrogens is 330 g/mol. The number of hydrogen-bond donors (Lipinski definition) is 0. The Morgan fingerprint density at radius 3 is 2.58 bits per heavy atom. The molecule has 1 heterocycles. The Hall–Kier alpha value is -2.22. The van der Waals surface area contributed by atoms with E-state index in [0.29, 0.717) is 23.7 Å². The number of methoxy groups -OCH3 is 1. The van der Waals surface area contributed by atoms with E-state index in [-0.39, 0.29) is 12.3 Å². The standard InChI is InChI=1S/C16H21N3O4S/c1-10-12(15(20)22-4)6-7-13(24-5)14(10)23-9-8-19-16(21)18(3)11(2)17-19/h6-7H,8-9H2,1-5H3. The van der Waals surface area contributed by atoms with Crippen molar-refractivity contribution in [1.29, 1.82) is 0 Å². The molecule has 0 saturated carbocycles. The fraction of sp³-hybridized carbons (Fsp3) is 0.438. The molecule has 0 fully saturated rings. The van der Waals surface area contributed by atoms with E-state index >= 15 is 0 Å². The maximum absolute atomic E-state index is 11.9. The van der Waals surface area contributed by atoms with Crippen molar-refractivity contribution in [3.05, 3.63) is 39.6 Å². The number of thioether (sulfide) groups is 1. The summed E-state index contributed by atoms with van der Waals surface area (Å²) in [6, 6.07) is 3.56. The van der Waals surface area contributed by atoms with E-state index in [4.69, 9.17) is 9.47 Å². The monoisotopic (exact) mass is 351 g/mol. The molecule has 0 amide bonds. The zero-order valence-corrected chi connectivity index (χ0v) is 15.3. The highest BCUT2D eigenvalue weighted by atomic mass is 32.2. The Labute approximate surface area is 144 Å². The molecule has 0 aliphatic carbocycles. The second kappa shape index (κ2) is 7.57. The van der Waals surface area contributed by atoms with Gasteiger partial charge in [-0.25, -0.2) is 14.3 Å². The molecule has 7 nitrogen and oxygen atoms in total. The van der Waals surface area contributed by atoms with Gasteiger partial charge in [0.15, 0.2) is 0 Å². The number of aromatic nitrogens is 3. The van der Waals surface area contributed by atoms with E-state index in [1.807, 2.05) is 19.2 Å². The lowest BCUT2D eigenvalue weighted by molar-refractivity contribution is 0.0599. The maximum Gasteiger partial charge on any atom is 0.345 e. The highest BCUT2D eigenvalue weighted by Gasteiger charge is 2.17. The van der Waals surface area contributed by atoms with Crippen molar-refractivity contribution in [2.45, 2.75) is 25.3 Å². The SMILES string of the molecule is COC(=O)c1ccc(SC)c(OCCn2nc(C)n(C)c2=O)c1C. The van der Waals surface area contributed by atoms with Gasteiger partial charge in [-0.1, -0.05) is 0 Å². The van der Waals surface area contributed by atoms with Crippen LogP contribution in [0.2, 0.25) is 0 Å². The number of rotatable bonds is 6. The first-order valence-corrected chi connectivity index (χ1v) is 8.62. The van der Waals surface area contributed by atoms with Crippen LogP contribution in [0.15, 0.2) is 21.8 Å². The zero-order chi connectivity index (χ0) is 17.9.